The molecule has 5 rings (SSSR count). The summed E-state index contributed by atoms with van der Waals surface area (Å²) < 4.78 is 85.6. The summed E-state index contributed by atoms with van der Waals surface area (Å²) in [5.74, 6) is -3.47. The van der Waals surface area contributed by atoms with Gasteiger partial charge in [-0.1, -0.05) is 23.3 Å². The fourth-order valence-electron chi connectivity index (χ4n) is 7.01. The van der Waals surface area contributed by atoms with Gasteiger partial charge >= 0.3 is 6.18 Å². The molecule has 2 unspecified atom stereocenters. The maximum absolute atomic E-state index is 14.0. The summed E-state index contributed by atoms with van der Waals surface area (Å²) in [6.45, 7) is 5.70. The fourth-order valence-corrected chi connectivity index (χ4v) is 7.56. The van der Waals surface area contributed by atoms with Crippen LogP contribution in [-0.4, -0.2) is 39.6 Å². The molecule has 0 aromatic heterocycles. The lowest BCUT2D eigenvalue weighted by Crippen LogP contribution is -2.48. The third kappa shape index (κ3) is 6.99. The zero-order valence-electron chi connectivity index (χ0n) is 26.4. The van der Waals surface area contributed by atoms with Crippen molar-refractivity contribution in [2.24, 2.45) is 17.8 Å². The Labute approximate surface area is 270 Å². The highest BCUT2D eigenvalue weighted by atomic mass is 32.2. The normalized spacial score (nSPS) is 20.6. The van der Waals surface area contributed by atoms with Gasteiger partial charge < -0.3 is 15.4 Å². The zero-order chi connectivity index (χ0) is 34.4. The Balaban J connectivity index is 1.47. The molecular weight excluding hydrogens is 638 g/mol. The van der Waals surface area contributed by atoms with E-state index < -0.39 is 51.4 Å². The first-order valence-corrected chi connectivity index (χ1v) is 16.8. The van der Waals surface area contributed by atoms with Crippen LogP contribution in [0.5, 0.6) is 5.75 Å². The lowest BCUT2D eigenvalue weighted by atomic mass is 9.83. The van der Waals surface area contributed by atoms with Crippen LogP contribution in [0.2, 0.25) is 0 Å². The monoisotopic (exact) mass is 673 g/mol. The number of amides is 2. The van der Waals surface area contributed by atoms with E-state index in [0.29, 0.717) is 41.8 Å². The second-order valence-electron chi connectivity index (χ2n) is 12.3. The molecule has 2 bridgehead atoms. The number of alkyl halides is 3. The maximum atomic E-state index is 14.0. The second kappa shape index (κ2) is 12.7. The molecule has 3 aromatic rings. The predicted molar refractivity (Wildman–Crippen MR) is 171 cm³/mol. The van der Waals surface area contributed by atoms with Crippen LogP contribution < -0.4 is 20.1 Å². The Bertz CT molecular complexity index is 1890. The number of aryl methyl sites for hydroxylation is 1. The Morgan fingerprint density at radius 1 is 0.936 bits per heavy atom. The summed E-state index contributed by atoms with van der Waals surface area (Å²) in [7, 11) is -2.11. The van der Waals surface area contributed by atoms with Crippen molar-refractivity contribution in [1.29, 1.82) is 0 Å². The highest BCUT2D eigenvalue weighted by molar-refractivity contribution is 7.92. The van der Waals surface area contributed by atoms with E-state index in [1.54, 1.807) is 36.4 Å². The van der Waals surface area contributed by atoms with Gasteiger partial charge in [-0.05, 0) is 98.7 Å². The molecule has 250 valence electrons. The van der Waals surface area contributed by atoms with Crippen molar-refractivity contribution in [1.82, 2.24) is 5.32 Å². The summed E-state index contributed by atoms with van der Waals surface area (Å²) in [4.78, 5) is 27.7. The number of halogens is 4. The summed E-state index contributed by atoms with van der Waals surface area (Å²) in [6.07, 6.45) is -2.51. The number of carbonyl (C=O) groups excluding carboxylic acids is 2. The molecule has 2 amide bonds. The molecule has 2 aliphatic rings. The van der Waals surface area contributed by atoms with Crippen molar-refractivity contribution < 1.29 is 40.3 Å². The quantitative estimate of drug-likeness (QED) is 0.177. The number of ether oxygens (including phenoxy) is 1. The van der Waals surface area contributed by atoms with Crippen molar-refractivity contribution in [3.63, 3.8) is 0 Å². The number of carbonyl (C=O) groups is 2. The van der Waals surface area contributed by atoms with Gasteiger partial charge in [0.2, 0.25) is 15.9 Å². The van der Waals surface area contributed by atoms with Crippen molar-refractivity contribution in [3.8, 4) is 16.9 Å². The number of sulfonamides is 1. The van der Waals surface area contributed by atoms with E-state index in [2.05, 4.69) is 15.4 Å². The Hall–Kier alpha value is -4.39. The SMILES string of the molecule is COc1ccc(-c2cc(NS(C)(=O)=O)ccc2C)cc1C(=O)N[C@@H]1C2CCC(C2=C(C)C)[C@@H]1C(=O)Nc1ccc(F)c(C(F)(F)F)c1. The average Bonchev–Trinajstić information content (AvgIpc) is 3.54. The summed E-state index contributed by atoms with van der Waals surface area (Å²) in [5, 5.41) is 5.58. The van der Waals surface area contributed by atoms with E-state index in [1.807, 2.05) is 20.8 Å². The Kier molecular flexibility index (Phi) is 9.15. The molecule has 0 aliphatic heterocycles. The van der Waals surface area contributed by atoms with Gasteiger partial charge in [0.05, 0.1) is 30.4 Å². The molecule has 4 atom stereocenters. The molecule has 0 radical (unpaired) electrons. The van der Waals surface area contributed by atoms with Crippen molar-refractivity contribution in [2.75, 3.05) is 23.4 Å². The summed E-state index contributed by atoms with van der Waals surface area (Å²) in [6, 6.07) is 11.7. The topological polar surface area (TPSA) is 114 Å². The summed E-state index contributed by atoms with van der Waals surface area (Å²) >= 11 is 0. The number of rotatable bonds is 8. The minimum absolute atomic E-state index is 0.168. The van der Waals surface area contributed by atoms with Gasteiger partial charge in [-0.25, -0.2) is 12.8 Å². The number of hydrogen-bond donors (Lipinski definition) is 3. The molecule has 13 heteroatoms. The molecule has 0 heterocycles. The van der Waals surface area contributed by atoms with Crippen LogP contribution in [0.4, 0.5) is 28.9 Å². The number of nitrogens with one attached hydrogen (secondary N) is 3. The van der Waals surface area contributed by atoms with E-state index in [1.165, 1.54) is 7.11 Å². The van der Waals surface area contributed by atoms with Crippen LogP contribution in [0.3, 0.4) is 0 Å². The van der Waals surface area contributed by atoms with Crippen LogP contribution in [0.25, 0.3) is 11.1 Å². The molecule has 8 nitrogen and oxygen atoms in total. The average molecular weight is 674 g/mol. The molecule has 2 fully saturated rings. The van der Waals surface area contributed by atoms with Crippen molar-refractivity contribution in [2.45, 2.75) is 45.8 Å². The second-order valence-corrected chi connectivity index (χ2v) is 14.0. The minimum atomic E-state index is -4.94. The molecule has 3 N–H and O–H groups in total. The van der Waals surface area contributed by atoms with Gasteiger partial charge in [-0.3, -0.25) is 14.3 Å². The Morgan fingerprint density at radius 2 is 1.62 bits per heavy atom. The van der Waals surface area contributed by atoms with Crippen LogP contribution >= 0.6 is 0 Å². The van der Waals surface area contributed by atoms with Crippen LogP contribution in [0.15, 0.2) is 65.7 Å². The van der Waals surface area contributed by atoms with E-state index >= 15 is 0 Å². The van der Waals surface area contributed by atoms with Gasteiger partial charge in [0.25, 0.3) is 5.91 Å². The first-order valence-electron chi connectivity index (χ1n) is 14.9. The highest BCUT2D eigenvalue weighted by Gasteiger charge is 2.55. The first-order chi connectivity index (χ1) is 22.0. The van der Waals surface area contributed by atoms with Crippen molar-refractivity contribution >= 4 is 33.2 Å². The molecule has 0 spiro atoms. The van der Waals surface area contributed by atoms with E-state index in [4.69, 9.17) is 4.74 Å². The van der Waals surface area contributed by atoms with Gasteiger partial charge in [-0.15, -0.1) is 0 Å². The number of allylic oxidation sites excluding steroid dienone is 1. The smallest absolute Gasteiger partial charge is 0.419 e. The molecular formula is C34H35F4N3O5S. The van der Waals surface area contributed by atoms with Gasteiger partial charge in [0, 0.05) is 23.3 Å². The fraction of sp³-hybridized carbons (Fsp3) is 0.353. The summed E-state index contributed by atoms with van der Waals surface area (Å²) in [5.41, 5.74) is 3.01. The lowest BCUT2D eigenvalue weighted by molar-refractivity contribution is -0.140. The molecule has 47 heavy (non-hydrogen) atoms. The molecule has 0 saturated heterocycles. The van der Waals surface area contributed by atoms with Crippen LogP contribution in [0, 0.1) is 30.5 Å². The predicted octanol–water partition coefficient (Wildman–Crippen LogP) is 6.93. The number of anilines is 2. The lowest BCUT2D eigenvalue weighted by Gasteiger charge is -2.30. The zero-order valence-corrected chi connectivity index (χ0v) is 27.2. The number of benzene rings is 3. The van der Waals surface area contributed by atoms with Gasteiger partial charge in [-0.2, -0.15) is 13.2 Å². The standard InChI is InChI=1S/C34H35F4N3O5S/c1-17(2)29-22-10-11-23(29)31(30(22)33(43)39-20-9-12-27(35)26(16-20)34(36,37)38)40-32(42)25-14-19(7-13-28(25)46-4)24-15-21(8-6-18(24)3)41-47(5,44)45/h6-9,12-16,22-23,30-31,41H,10-11H2,1-5H3,(H,39,43)(H,40,42)/t22?,23?,30-,31+/m0/s1. The highest BCUT2D eigenvalue weighted by Crippen LogP contribution is 2.54. The number of methoxy groups -OCH3 is 1. The molecule has 2 aliphatic carbocycles. The van der Waals surface area contributed by atoms with E-state index in [9.17, 15) is 35.6 Å². The van der Waals surface area contributed by atoms with E-state index in [-0.39, 0.29) is 28.8 Å². The Morgan fingerprint density at radius 3 is 2.26 bits per heavy atom. The molecule has 3 aromatic carbocycles. The number of hydrogen-bond acceptors (Lipinski definition) is 5. The minimum Gasteiger partial charge on any atom is -0.496 e. The number of fused-ring (bicyclic) bond motifs is 2. The van der Waals surface area contributed by atoms with Gasteiger partial charge in [0.15, 0.2) is 0 Å². The van der Waals surface area contributed by atoms with Crippen LogP contribution in [-0.2, 0) is 21.0 Å². The molecule has 2 saturated carbocycles. The van der Waals surface area contributed by atoms with Crippen molar-refractivity contribution in [3.05, 3.63) is 88.3 Å². The van der Waals surface area contributed by atoms with E-state index in [0.717, 1.165) is 29.0 Å². The van der Waals surface area contributed by atoms with Crippen LogP contribution in [0.1, 0.15) is 48.2 Å². The first kappa shape index (κ1) is 34.0. The third-order valence-corrected chi connectivity index (χ3v) is 9.46. The largest absolute Gasteiger partial charge is 0.496 e. The maximum Gasteiger partial charge on any atom is 0.419 e. The van der Waals surface area contributed by atoms with Gasteiger partial charge in [0.1, 0.15) is 11.6 Å². The third-order valence-electron chi connectivity index (χ3n) is 8.85.